The van der Waals surface area contributed by atoms with Crippen LogP contribution in [0.5, 0.6) is 0 Å². The summed E-state index contributed by atoms with van der Waals surface area (Å²) in [5.74, 6) is -0.429. The molecule has 0 aliphatic heterocycles. The molecule has 0 saturated heterocycles. The van der Waals surface area contributed by atoms with E-state index in [0.717, 1.165) is 0 Å². The van der Waals surface area contributed by atoms with Crippen molar-refractivity contribution in [1.29, 1.82) is 0 Å². The second kappa shape index (κ2) is 3.45. The minimum Gasteiger partial charge on any atom is -0.298 e. The van der Waals surface area contributed by atoms with Crippen molar-refractivity contribution in [3.63, 3.8) is 0 Å². The van der Waals surface area contributed by atoms with E-state index < -0.39 is 5.82 Å². The lowest BCUT2D eigenvalue weighted by atomic mass is 10.2. The first-order valence-corrected chi connectivity index (χ1v) is 4.33. The molecule has 0 amide bonds. The first-order chi connectivity index (χ1) is 5.15. The maximum Gasteiger partial charge on any atom is 0.151 e. The van der Waals surface area contributed by atoms with Crippen LogP contribution in [-0.2, 0) is 0 Å². The monoisotopic (exact) mass is 280 g/mol. The van der Waals surface area contributed by atoms with E-state index >= 15 is 0 Å². The zero-order chi connectivity index (χ0) is 8.43. The Bertz CT molecular complexity index is 299. The molecule has 1 nitrogen and oxygen atoms in total. The van der Waals surface area contributed by atoms with Crippen molar-refractivity contribution in [2.75, 3.05) is 0 Å². The number of carbonyl (C=O) groups excluding carboxylic acids is 1. The third kappa shape index (κ3) is 1.87. The van der Waals surface area contributed by atoms with Gasteiger partial charge in [0.05, 0.1) is 0 Å². The Morgan fingerprint density at radius 2 is 2.00 bits per heavy atom. The molecule has 0 N–H and O–H groups in total. The predicted molar refractivity (Wildman–Crippen MR) is 47.2 cm³/mol. The molecular formula is C7H3Br2FO. The molecule has 11 heavy (non-hydrogen) atoms. The minimum atomic E-state index is -0.429. The highest BCUT2D eigenvalue weighted by molar-refractivity contribution is 9.13. The van der Waals surface area contributed by atoms with Crippen LogP contribution >= 0.6 is 31.9 Å². The van der Waals surface area contributed by atoms with Crippen LogP contribution in [0, 0.1) is 5.82 Å². The number of halogens is 3. The SMILES string of the molecule is O=Cc1cc(F)cc(Br)c1Br. The average molecular weight is 282 g/mol. The van der Waals surface area contributed by atoms with Crippen LogP contribution in [0.25, 0.3) is 0 Å². The molecule has 4 heteroatoms. The molecule has 1 rings (SSSR count). The van der Waals surface area contributed by atoms with Gasteiger partial charge in [0.2, 0.25) is 0 Å². The Morgan fingerprint density at radius 3 is 2.55 bits per heavy atom. The lowest BCUT2D eigenvalue weighted by molar-refractivity contribution is 0.112. The maximum absolute atomic E-state index is 12.6. The molecule has 0 unspecified atom stereocenters. The molecule has 0 heterocycles. The third-order valence-electron chi connectivity index (χ3n) is 1.15. The normalized spacial score (nSPS) is 9.73. The highest BCUT2D eigenvalue weighted by Gasteiger charge is 2.04. The van der Waals surface area contributed by atoms with Crippen LogP contribution in [0.15, 0.2) is 21.1 Å². The van der Waals surface area contributed by atoms with E-state index in [1.54, 1.807) is 0 Å². The van der Waals surface area contributed by atoms with Gasteiger partial charge in [-0.1, -0.05) is 0 Å². The standard InChI is InChI=1S/C7H3Br2FO/c8-6-2-5(10)1-4(3-11)7(6)9/h1-3H. The van der Waals surface area contributed by atoms with Crippen molar-refractivity contribution in [3.05, 3.63) is 32.5 Å². The fourth-order valence-electron chi connectivity index (χ4n) is 0.662. The van der Waals surface area contributed by atoms with Crippen molar-refractivity contribution >= 4 is 38.1 Å². The Kier molecular flexibility index (Phi) is 2.78. The van der Waals surface area contributed by atoms with Gasteiger partial charge in [-0.2, -0.15) is 0 Å². The van der Waals surface area contributed by atoms with Gasteiger partial charge in [0.25, 0.3) is 0 Å². The Hall–Kier alpha value is -0.220. The van der Waals surface area contributed by atoms with Crippen LogP contribution in [0.3, 0.4) is 0 Å². The van der Waals surface area contributed by atoms with E-state index in [1.165, 1.54) is 12.1 Å². The zero-order valence-electron chi connectivity index (χ0n) is 5.27. The summed E-state index contributed by atoms with van der Waals surface area (Å²) in [6.45, 7) is 0. The minimum absolute atomic E-state index is 0.303. The van der Waals surface area contributed by atoms with Crippen molar-refractivity contribution in [2.45, 2.75) is 0 Å². The summed E-state index contributed by atoms with van der Waals surface area (Å²) in [6.07, 6.45) is 0.595. The molecule has 0 aliphatic carbocycles. The molecule has 0 aliphatic rings. The summed E-state index contributed by atoms with van der Waals surface area (Å²) in [7, 11) is 0. The number of benzene rings is 1. The summed E-state index contributed by atoms with van der Waals surface area (Å²) in [6, 6.07) is 2.46. The molecule has 0 aromatic heterocycles. The Labute approximate surface area is 79.9 Å². The summed E-state index contributed by atoms with van der Waals surface area (Å²) in [5, 5.41) is 0. The first kappa shape index (κ1) is 8.87. The zero-order valence-corrected chi connectivity index (χ0v) is 8.45. The van der Waals surface area contributed by atoms with Gasteiger partial charge in [0.15, 0.2) is 6.29 Å². The molecule has 0 radical (unpaired) electrons. The van der Waals surface area contributed by atoms with Gasteiger partial charge < -0.3 is 0 Å². The largest absolute Gasteiger partial charge is 0.298 e. The molecule has 58 valence electrons. The number of hydrogen-bond acceptors (Lipinski definition) is 1. The third-order valence-corrected chi connectivity index (χ3v) is 3.19. The molecule has 0 atom stereocenters. The fraction of sp³-hybridized carbons (Fsp3) is 0. The second-order valence-corrected chi connectivity index (χ2v) is 3.56. The van der Waals surface area contributed by atoms with Gasteiger partial charge in [-0.25, -0.2) is 4.39 Å². The van der Waals surface area contributed by atoms with E-state index in [9.17, 15) is 9.18 Å². The van der Waals surface area contributed by atoms with Gasteiger partial charge in [0, 0.05) is 14.5 Å². The van der Waals surface area contributed by atoms with Crippen molar-refractivity contribution < 1.29 is 9.18 Å². The Morgan fingerprint density at radius 1 is 1.36 bits per heavy atom. The van der Waals surface area contributed by atoms with Gasteiger partial charge in [-0.15, -0.1) is 0 Å². The van der Waals surface area contributed by atoms with E-state index in [2.05, 4.69) is 31.9 Å². The maximum atomic E-state index is 12.6. The Balaban J connectivity index is 3.35. The predicted octanol–water partition coefficient (Wildman–Crippen LogP) is 3.16. The number of carbonyl (C=O) groups is 1. The summed E-state index contributed by atoms with van der Waals surface area (Å²) in [5.41, 5.74) is 0.303. The highest BCUT2D eigenvalue weighted by atomic mass is 79.9. The number of rotatable bonds is 1. The van der Waals surface area contributed by atoms with Crippen LogP contribution < -0.4 is 0 Å². The number of hydrogen-bond donors (Lipinski definition) is 0. The summed E-state index contributed by atoms with van der Waals surface area (Å²) >= 11 is 6.22. The summed E-state index contributed by atoms with van der Waals surface area (Å²) < 4.78 is 13.7. The smallest absolute Gasteiger partial charge is 0.151 e. The van der Waals surface area contributed by atoms with Crippen molar-refractivity contribution in [2.24, 2.45) is 0 Å². The lowest BCUT2D eigenvalue weighted by Crippen LogP contribution is -1.85. The summed E-state index contributed by atoms with van der Waals surface area (Å²) in [4.78, 5) is 10.3. The molecule has 1 aromatic carbocycles. The van der Waals surface area contributed by atoms with E-state index in [1.807, 2.05) is 0 Å². The van der Waals surface area contributed by atoms with Gasteiger partial charge in [-0.3, -0.25) is 4.79 Å². The molecule has 0 spiro atoms. The highest BCUT2D eigenvalue weighted by Crippen LogP contribution is 2.26. The molecule has 0 fully saturated rings. The van der Waals surface area contributed by atoms with Crippen molar-refractivity contribution in [3.8, 4) is 0 Å². The second-order valence-electron chi connectivity index (χ2n) is 1.91. The van der Waals surface area contributed by atoms with Crippen molar-refractivity contribution in [1.82, 2.24) is 0 Å². The van der Waals surface area contributed by atoms with Crippen LogP contribution in [0.4, 0.5) is 4.39 Å². The van der Waals surface area contributed by atoms with Crippen LogP contribution in [-0.4, -0.2) is 6.29 Å². The molecule has 0 bridgehead atoms. The topological polar surface area (TPSA) is 17.1 Å². The van der Waals surface area contributed by atoms with Crippen LogP contribution in [0.2, 0.25) is 0 Å². The van der Waals surface area contributed by atoms with Crippen LogP contribution in [0.1, 0.15) is 10.4 Å². The fourth-order valence-corrected chi connectivity index (χ4v) is 1.43. The van der Waals surface area contributed by atoms with E-state index in [-0.39, 0.29) is 0 Å². The molecule has 1 aromatic rings. The van der Waals surface area contributed by atoms with Gasteiger partial charge in [0.1, 0.15) is 5.82 Å². The van der Waals surface area contributed by atoms with Gasteiger partial charge in [-0.05, 0) is 44.0 Å². The average Bonchev–Trinajstić information content (AvgIpc) is 1.96. The first-order valence-electron chi connectivity index (χ1n) is 2.75. The van der Waals surface area contributed by atoms with Gasteiger partial charge >= 0.3 is 0 Å². The van der Waals surface area contributed by atoms with E-state index in [4.69, 9.17) is 0 Å². The lowest BCUT2D eigenvalue weighted by Gasteiger charge is -1.98. The van der Waals surface area contributed by atoms with E-state index in [0.29, 0.717) is 20.8 Å². The molecule has 0 saturated carbocycles. The number of aldehydes is 1. The quantitative estimate of drug-likeness (QED) is 0.571. The molecular weight excluding hydrogens is 279 g/mol.